The van der Waals surface area contributed by atoms with Gasteiger partial charge >= 0.3 is 0 Å². The van der Waals surface area contributed by atoms with Crippen molar-refractivity contribution in [1.82, 2.24) is 14.9 Å². The maximum Gasteiger partial charge on any atom is 0.227 e. The standard InChI is InChI=1S/C19H27N5/c1-22(2)18-9-12-20-19(21-18)23(3)17-10-13-24(14-11-17)15-16-7-5-4-6-8-16/h4-9,12,17H,10-11,13-15H2,1-3H3. The van der Waals surface area contributed by atoms with Crippen molar-refractivity contribution in [3.63, 3.8) is 0 Å². The minimum Gasteiger partial charge on any atom is -0.363 e. The molecule has 0 unspecified atom stereocenters. The Morgan fingerprint density at radius 1 is 1.04 bits per heavy atom. The van der Waals surface area contributed by atoms with Gasteiger partial charge in [0.2, 0.25) is 5.95 Å². The van der Waals surface area contributed by atoms with Crippen LogP contribution in [-0.4, -0.2) is 55.1 Å². The average molecular weight is 325 g/mol. The lowest BCUT2D eigenvalue weighted by Gasteiger charge is -2.36. The van der Waals surface area contributed by atoms with E-state index in [9.17, 15) is 0 Å². The van der Waals surface area contributed by atoms with Crippen LogP contribution in [0.3, 0.4) is 0 Å². The molecule has 2 heterocycles. The quantitative estimate of drug-likeness (QED) is 0.844. The third kappa shape index (κ3) is 4.03. The summed E-state index contributed by atoms with van der Waals surface area (Å²) in [7, 11) is 6.13. The maximum absolute atomic E-state index is 4.66. The Labute approximate surface area is 144 Å². The molecule has 5 nitrogen and oxygen atoms in total. The van der Waals surface area contributed by atoms with Gasteiger partial charge in [-0.25, -0.2) is 4.98 Å². The van der Waals surface area contributed by atoms with Gasteiger partial charge in [0.05, 0.1) is 0 Å². The summed E-state index contributed by atoms with van der Waals surface area (Å²) in [5, 5.41) is 0. The van der Waals surface area contributed by atoms with Gasteiger partial charge in [-0.05, 0) is 24.5 Å². The number of aromatic nitrogens is 2. The van der Waals surface area contributed by atoms with Crippen LogP contribution in [0.1, 0.15) is 18.4 Å². The molecule has 1 aliphatic heterocycles. The van der Waals surface area contributed by atoms with Gasteiger partial charge in [0.1, 0.15) is 5.82 Å². The lowest BCUT2D eigenvalue weighted by atomic mass is 10.0. The molecule has 2 aromatic rings. The van der Waals surface area contributed by atoms with Crippen LogP contribution in [0.2, 0.25) is 0 Å². The van der Waals surface area contributed by atoms with E-state index in [4.69, 9.17) is 0 Å². The molecular formula is C19H27N5. The minimum atomic E-state index is 0.509. The molecule has 0 saturated carbocycles. The Kier molecular flexibility index (Phi) is 5.30. The van der Waals surface area contributed by atoms with Crippen LogP contribution in [0.5, 0.6) is 0 Å². The molecule has 1 aliphatic rings. The molecule has 0 spiro atoms. The van der Waals surface area contributed by atoms with Crippen LogP contribution in [0.25, 0.3) is 0 Å². The molecule has 3 rings (SSSR count). The largest absolute Gasteiger partial charge is 0.363 e. The first-order valence-electron chi connectivity index (χ1n) is 8.63. The van der Waals surface area contributed by atoms with Crippen molar-refractivity contribution in [3.05, 3.63) is 48.2 Å². The molecule has 0 N–H and O–H groups in total. The molecule has 1 aromatic heterocycles. The van der Waals surface area contributed by atoms with Gasteiger partial charge in [0.15, 0.2) is 0 Å². The summed E-state index contributed by atoms with van der Waals surface area (Å²) < 4.78 is 0. The minimum absolute atomic E-state index is 0.509. The zero-order chi connectivity index (χ0) is 16.9. The summed E-state index contributed by atoms with van der Waals surface area (Å²) in [5.74, 6) is 1.77. The smallest absolute Gasteiger partial charge is 0.227 e. The van der Waals surface area contributed by atoms with E-state index in [1.54, 1.807) is 0 Å². The Balaban J connectivity index is 1.57. The number of hydrogen-bond donors (Lipinski definition) is 0. The van der Waals surface area contributed by atoms with Crippen LogP contribution in [0.4, 0.5) is 11.8 Å². The SMILES string of the molecule is CN(C)c1ccnc(N(C)C2CCN(Cc3ccccc3)CC2)n1. The van der Waals surface area contributed by atoms with Crippen molar-refractivity contribution in [2.75, 3.05) is 44.0 Å². The fraction of sp³-hybridized carbons (Fsp3) is 0.474. The number of nitrogens with zero attached hydrogens (tertiary/aromatic N) is 5. The van der Waals surface area contributed by atoms with E-state index in [0.717, 1.165) is 44.2 Å². The molecule has 1 aromatic carbocycles. The van der Waals surface area contributed by atoms with E-state index in [-0.39, 0.29) is 0 Å². The molecule has 0 amide bonds. The fourth-order valence-corrected chi connectivity index (χ4v) is 3.23. The predicted octanol–water partition coefficient (Wildman–Crippen LogP) is 2.64. The molecule has 128 valence electrons. The summed E-state index contributed by atoms with van der Waals surface area (Å²) >= 11 is 0. The molecule has 0 bridgehead atoms. The molecule has 1 fully saturated rings. The Bertz CT molecular complexity index is 635. The van der Waals surface area contributed by atoms with E-state index in [1.807, 2.05) is 31.3 Å². The molecule has 0 atom stereocenters. The third-order valence-electron chi connectivity index (χ3n) is 4.76. The van der Waals surface area contributed by atoms with Crippen molar-refractivity contribution in [2.45, 2.75) is 25.4 Å². The normalized spacial score (nSPS) is 16.1. The first-order valence-corrected chi connectivity index (χ1v) is 8.63. The van der Waals surface area contributed by atoms with Gasteiger partial charge in [0, 0.05) is 53.0 Å². The maximum atomic E-state index is 4.66. The summed E-state index contributed by atoms with van der Waals surface area (Å²) in [6, 6.07) is 13.2. The van der Waals surface area contributed by atoms with Crippen LogP contribution < -0.4 is 9.80 Å². The molecule has 0 radical (unpaired) electrons. The monoisotopic (exact) mass is 325 g/mol. The zero-order valence-electron chi connectivity index (χ0n) is 14.9. The number of piperidine rings is 1. The molecule has 24 heavy (non-hydrogen) atoms. The predicted molar refractivity (Wildman–Crippen MR) is 99.5 cm³/mol. The highest BCUT2D eigenvalue weighted by molar-refractivity contribution is 5.42. The van der Waals surface area contributed by atoms with Gasteiger partial charge in [-0.1, -0.05) is 30.3 Å². The molecule has 1 saturated heterocycles. The zero-order valence-corrected chi connectivity index (χ0v) is 14.9. The van der Waals surface area contributed by atoms with Gasteiger partial charge in [-0.2, -0.15) is 4.98 Å². The molecular weight excluding hydrogens is 298 g/mol. The number of hydrogen-bond acceptors (Lipinski definition) is 5. The molecule has 5 heteroatoms. The van der Waals surface area contributed by atoms with Gasteiger partial charge in [0.25, 0.3) is 0 Å². The van der Waals surface area contributed by atoms with Crippen molar-refractivity contribution in [2.24, 2.45) is 0 Å². The lowest BCUT2D eigenvalue weighted by Crippen LogP contribution is -2.43. The van der Waals surface area contributed by atoms with E-state index >= 15 is 0 Å². The summed E-state index contributed by atoms with van der Waals surface area (Å²) in [4.78, 5) is 15.9. The number of rotatable bonds is 5. The highest BCUT2D eigenvalue weighted by Crippen LogP contribution is 2.21. The van der Waals surface area contributed by atoms with E-state index < -0.39 is 0 Å². The summed E-state index contributed by atoms with van der Waals surface area (Å²) in [6.07, 6.45) is 4.15. The van der Waals surface area contributed by atoms with Crippen LogP contribution in [0, 0.1) is 0 Å². The van der Waals surface area contributed by atoms with Crippen LogP contribution in [0.15, 0.2) is 42.6 Å². The summed E-state index contributed by atoms with van der Waals surface area (Å²) in [6.45, 7) is 3.29. The second-order valence-electron chi connectivity index (χ2n) is 6.71. The lowest BCUT2D eigenvalue weighted by molar-refractivity contribution is 0.203. The number of likely N-dealkylation sites (tertiary alicyclic amines) is 1. The van der Waals surface area contributed by atoms with Gasteiger partial charge in [-0.15, -0.1) is 0 Å². The highest BCUT2D eigenvalue weighted by Gasteiger charge is 2.24. The highest BCUT2D eigenvalue weighted by atomic mass is 15.3. The third-order valence-corrected chi connectivity index (χ3v) is 4.76. The van der Waals surface area contributed by atoms with Gasteiger partial charge < -0.3 is 9.80 Å². The van der Waals surface area contributed by atoms with Crippen LogP contribution >= 0.6 is 0 Å². The first-order chi connectivity index (χ1) is 11.6. The Hall–Kier alpha value is -2.14. The Morgan fingerprint density at radius 3 is 2.42 bits per heavy atom. The molecule has 0 aliphatic carbocycles. The van der Waals surface area contributed by atoms with E-state index in [0.29, 0.717) is 6.04 Å². The second kappa shape index (κ2) is 7.62. The van der Waals surface area contributed by atoms with E-state index in [2.05, 4.69) is 57.1 Å². The van der Waals surface area contributed by atoms with Crippen molar-refractivity contribution in [1.29, 1.82) is 0 Å². The van der Waals surface area contributed by atoms with Crippen LogP contribution in [-0.2, 0) is 6.54 Å². The van der Waals surface area contributed by atoms with E-state index in [1.165, 1.54) is 5.56 Å². The summed E-state index contributed by atoms with van der Waals surface area (Å²) in [5.41, 5.74) is 1.39. The van der Waals surface area contributed by atoms with Crippen molar-refractivity contribution in [3.8, 4) is 0 Å². The topological polar surface area (TPSA) is 35.5 Å². The first kappa shape index (κ1) is 16.7. The second-order valence-corrected chi connectivity index (χ2v) is 6.71. The van der Waals surface area contributed by atoms with Crippen molar-refractivity contribution >= 4 is 11.8 Å². The average Bonchev–Trinajstić information content (AvgIpc) is 2.63. The fourth-order valence-electron chi connectivity index (χ4n) is 3.23. The van der Waals surface area contributed by atoms with Crippen molar-refractivity contribution < 1.29 is 0 Å². The van der Waals surface area contributed by atoms with Gasteiger partial charge in [-0.3, -0.25) is 4.90 Å². The Morgan fingerprint density at radius 2 is 1.75 bits per heavy atom. The number of anilines is 2. The number of benzene rings is 1.